The van der Waals surface area contributed by atoms with E-state index >= 15 is 0 Å². The quantitative estimate of drug-likeness (QED) is 0.542. The van der Waals surface area contributed by atoms with Crippen molar-refractivity contribution in [3.63, 3.8) is 0 Å². The molecule has 1 atom stereocenters. The molecule has 2 fully saturated rings. The highest BCUT2D eigenvalue weighted by Gasteiger charge is 2.38. The lowest BCUT2D eigenvalue weighted by Gasteiger charge is -2.47. The molecule has 2 N–H and O–H groups in total. The Morgan fingerprint density at radius 3 is 2.58 bits per heavy atom. The van der Waals surface area contributed by atoms with Crippen molar-refractivity contribution in [2.45, 2.75) is 57.5 Å². The third kappa shape index (κ3) is 5.81. The van der Waals surface area contributed by atoms with Gasteiger partial charge in [-0.2, -0.15) is 11.8 Å². The molecule has 1 heterocycles. The van der Waals surface area contributed by atoms with Crippen LogP contribution in [0.4, 0.5) is 0 Å². The predicted molar refractivity (Wildman–Crippen MR) is 105 cm³/mol. The minimum Gasteiger partial charge on any atom is -0.383 e. The first-order valence-electron chi connectivity index (χ1n) is 9.57. The molecule has 1 saturated carbocycles. The number of rotatable bonds is 7. The fraction of sp³-hybridized carbons (Fsp3) is 0.944. The summed E-state index contributed by atoms with van der Waals surface area (Å²) < 4.78 is 5.24. The number of aliphatic imine (C=N–C) groups is 1. The van der Waals surface area contributed by atoms with E-state index in [4.69, 9.17) is 9.73 Å². The number of hydrogen-bond acceptors (Lipinski definition) is 4. The monoisotopic (exact) mass is 356 g/mol. The average molecular weight is 357 g/mol. The van der Waals surface area contributed by atoms with Crippen molar-refractivity contribution in [3.8, 4) is 0 Å². The van der Waals surface area contributed by atoms with Gasteiger partial charge in [0.2, 0.25) is 0 Å². The molecule has 0 bridgehead atoms. The zero-order valence-corrected chi connectivity index (χ0v) is 16.6. The zero-order chi connectivity index (χ0) is 17.3. The standard InChI is InChI=1S/C18H36N4OS/c1-4-19-17(21-16(2)14-23-3)20-15-18(8-6-5-7-9-18)22-10-12-24-13-11-22/h16H,4-15H2,1-3H3,(H2,19,20,21). The maximum atomic E-state index is 5.24. The van der Waals surface area contributed by atoms with E-state index in [1.54, 1.807) is 7.11 Å². The van der Waals surface area contributed by atoms with Crippen molar-refractivity contribution in [1.82, 2.24) is 15.5 Å². The van der Waals surface area contributed by atoms with E-state index < -0.39 is 0 Å². The van der Waals surface area contributed by atoms with Gasteiger partial charge in [-0.15, -0.1) is 0 Å². The Morgan fingerprint density at radius 1 is 1.25 bits per heavy atom. The normalized spacial score (nSPS) is 23.7. The number of hydrogen-bond donors (Lipinski definition) is 2. The van der Waals surface area contributed by atoms with Gasteiger partial charge in [0.25, 0.3) is 0 Å². The third-order valence-electron chi connectivity index (χ3n) is 5.14. The number of thioether (sulfide) groups is 1. The smallest absolute Gasteiger partial charge is 0.191 e. The van der Waals surface area contributed by atoms with E-state index in [9.17, 15) is 0 Å². The summed E-state index contributed by atoms with van der Waals surface area (Å²) in [5.74, 6) is 3.47. The molecule has 0 aromatic carbocycles. The van der Waals surface area contributed by atoms with Crippen LogP contribution in [0.2, 0.25) is 0 Å². The first-order chi connectivity index (χ1) is 11.7. The second-order valence-electron chi connectivity index (χ2n) is 7.08. The van der Waals surface area contributed by atoms with Crippen LogP contribution >= 0.6 is 11.8 Å². The maximum Gasteiger partial charge on any atom is 0.191 e. The van der Waals surface area contributed by atoms with E-state index in [1.807, 2.05) is 0 Å². The third-order valence-corrected chi connectivity index (χ3v) is 6.08. The van der Waals surface area contributed by atoms with Crippen LogP contribution in [0.3, 0.4) is 0 Å². The highest BCUT2D eigenvalue weighted by molar-refractivity contribution is 7.99. The molecule has 1 unspecified atom stereocenters. The molecule has 140 valence electrons. The Balaban J connectivity index is 2.05. The molecule has 24 heavy (non-hydrogen) atoms. The van der Waals surface area contributed by atoms with Gasteiger partial charge >= 0.3 is 0 Å². The summed E-state index contributed by atoms with van der Waals surface area (Å²) in [6.45, 7) is 9.20. The summed E-state index contributed by atoms with van der Waals surface area (Å²) in [6, 6.07) is 0.265. The number of nitrogens with one attached hydrogen (secondary N) is 2. The minimum absolute atomic E-state index is 0.265. The van der Waals surface area contributed by atoms with Crippen LogP contribution in [0.1, 0.15) is 46.0 Å². The van der Waals surface area contributed by atoms with Gasteiger partial charge in [0.15, 0.2) is 5.96 Å². The molecule has 0 aromatic heterocycles. The molecule has 1 aliphatic heterocycles. The number of methoxy groups -OCH3 is 1. The molecule has 0 amide bonds. The molecule has 0 aromatic rings. The molecule has 2 aliphatic rings. The molecule has 0 spiro atoms. The van der Waals surface area contributed by atoms with Gasteiger partial charge in [0.05, 0.1) is 13.2 Å². The Hall–Kier alpha value is -0.460. The van der Waals surface area contributed by atoms with Gasteiger partial charge in [-0.05, 0) is 26.7 Å². The summed E-state index contributed by atoms with van der Waals surface area (Å²) in [5, 5.41) is 6.86. The van der Waals surface area contributed by atoms with Crippen LogP contribution in [0.15, 0.2) is 4.99 Å². The van der Waals surface area contributed by atoms with Gasteiger partial charge < -0.3 is 15.4 Å². The molecule has 0 radical (unpaired) electrons. The van der Waals surface area contributed by atoms with Gasteiger partial charge in [-0.25, -0.2) is 0 Å². The van der Waals surface area contributed by atoms with Gasteiger partial charge in [0.1, 0.15) is 0 Å². The number of nitrogens with zero attached hydrogens (tertiary/aromatic N) is 2. The lowest BCUT2D eigenvalue weighted by Crippen LogP contribution is -2.56. The van der Waals surface area contributed by atoms with Crippen molar-refractivity contribution in [2.24, 2.45) is 4.99 Å². The predicted octanol–water partition coefficient (Wildman–Crippen LogP) is 2.33. The first kappa shape index (κ1) is 19.9. The first-order valence-corrected chi connectivity index (χ1v) is 10.7. The van der Waals surface area contributed by atoms with Gasteiger partial charge in [-0.1, -0.05) is 19.3 Å². The van der Waals surface area contributed by atoms with Crippen molar-refractivity contribution < 1.29 is 4.74 Å². The lowest BCUT2D eigenvalue weighted by atomic mass is 9.80. The van der Waals surface area contributed by atoms with Gasteiger partial charge in [-0.3, -0.25) is 9.89 Å². The molecular weight excluding hydrogens is 320 g/mol. The number of ether oxygens (including phenoxy) is 1. The fourth-order valence-electron chi connectivity index (χ4n) is 3.89. The van der Waals surface area contributed by atoms with E-state index in [-0.39, 0.29) is 11.6 Å². The minimum atomic E-state index is 0.265. The SMILES string of the molecule is CCNC(=NCC1(N2CCSCC2)CCCCC1)NC(C)COC. The van der Waals surface area contributed by atoms with Crippen LogP contribution in [-0.4, -0.2) is 73.8 Å². The van der Waals surface area contributed by atoms with Crippen LogP contribution < -0.4 is 10.6 Å². The molecule has 1 saturated heterocycles. The van der Waals surface area contributed by atoms with Crippen molar-refractivity contribution in [1.29, 1.82) is 0 Å². The van der Waals surface area contributed by atoms with E-state index in [0.717, 1.165) is 19.0 Å². The second-order valence-corrected chi connectivity index (χ2v) is 8.31. The lowest BCUT2D eigenvalue weighted by molar-refractivity contribution is 0.0671. The Kier molecular flexibility index (Phi) is 8.70. The van der Waals surface area contributed by atoms with Crippen LogP contribution in [0, 0.1) is 0 Å². The molecule has 5 nitrogen and oxygen atoms in total. The summed E-state index contributed by atoms with van der Waals surface area (Å²) in [6.07, 6.45) is 6.69. The maximum absolute atomic E-state index is 5.24. The largest absolute Gasteiger partial charge is 0.383 e. The highest BCUT2D eigenvalue weighted by atomic mass is 32.2. The average Bonchev–Trinajstić information content (AvgIpc) is 2.62. The summed E-state index contributed by atoms with van der Waals surface area (Å²) in [7, 11) is 1.74. The van der Waals surface area contributed by atoms with Crippen molar-refractivity contribution >= 4 is 17.7 Å². The molecule has 2 rings (SSSR count). The van der Waals surface area contributed by atoms with Crippen LogP contribution in [0.5, 0.6) is 0 Å². The summed E-state index contributed by atoms with van der Waals surface area (Å²) >= 11 is 2.09. The molecular formula is C18H36N4OS. The topological polar surface area (TPSA) is 48.9 Å². The highest BCUT2D eigenvalue weighted by Crippen LogP contribution is 2.35. The molecule has 1 aliphatic carbocycles. The Morgan fingerprint density at radius 2 is 1.96 bits per heavy atom. The van der Waals surface area contributed by atoms with Crippen LogP contribution in [0.25, 0.3) is 0 Å². The molecule has 6 heteroatoms. The zero-order valence-electron chi connectivity index (χ0n) is 15.8. The Labute approximate surface area is 152 Å². The number of guanidine groups is 1. The van der Waals surface area contributed by atoms with E-state index in [2.05, 4.69) is 41.1 Å². The van der Waals surface area contributed by atoms with Gasteiger partial charge in [0, 0.05) is 49.8 Å². The van der Waals surface area contributed by atoms with E-state index in [0.29, 0.717) is 6.61 Å². The van der Waals surface area contributed by atoms with Crippen molar-refractivity contribution in [2.75, 3.05) is 51.4 Å². The van der Waals surface area contributed by atoms with Crippen LogP contribution in [-0.2, 0) is 4.74 Å². The fourth-order valence-corrected chi connectivity index (χ4v) is 4.80. The Bertz CT molecular complexity index is 379. The van der Waals surface area contributed by atoms with Crippen molar-refractivity contribution in [3.05, 3.63) is 0 Å². The summed E-state index contributed by atoms with van der Waals surface area (Å²) in [4.78, 5) is 7.74. The van der Waals surface area contributed by atoms with E-state index in [1.165, 1.54) is 56.7 Å². The summed E-state index contributed by atoms with van der Waals surface area (Å²) in [5.41, 5.74) is 0.284. The second kappa shape index (κ2) is 10.5.